The number of rotatable bonds is 8. The zero-order valence-electron chi connectivity index (χ0n) is 21.9. The summed E-state index contributed by atoms with van der Waals surface area (Å²) in [6, 6.07) is 21.8. The van der Waals surface area contributed by atoms with Crippen LogP contribution in [-0.2, 0) is 11.3 Å². The third kappa shape index (κ3) is 6.44. The molecule has 1 atom stereocenters. The maximum atomic E-state index is 14.2. The molecule has 0 saturated carbocycles. The smallest absolute Gasteiger partial charge is 0.257 e. The molecule has 0 aliphatic carbocycles. The summed E-state index contributed by atoms with van der Waals surface area (Å²) in [5, 5.41) is 9.09. The van der Waals surface area contributed by atoms with Crippen LogP contribution in [0.15, 0.2) is 66.7 Å². The third-order valence-corrected chi connectivity index (χ3v) is 7.51. The van der Waals surface area contributed by atoms with Crippen molar-refractivity contribution in [2.75, 3.05) is 50.7 Å². The van der Waals surface area contributed by atoms with Gasteiger partial charge in [-0.2, -0.15) is 5.26 Å². The zero-order valence-corrected chi connectivity index (χ0v) is 21.9. The van der Waals surface area contributed by atoms with Crippen molar-refractivity contribution in [1.29, 1.82) is 5.26 Å². The number of nitriles is 1. The van der Waals surface area contributed by atoms with Crippen LogP contribution in [-0.4, -0.2) is 61.5 Å². The topological polar surface area (TPSA) is 59.8 Å². The van der Waals surface area contributed by atoms with E-state index < -0.39 is 17.5 Å². The van der Waals surface area contributed by atoms with Crippen LogP contribution in [0, 0.1) is 23.0 Å². The minimum absolute atomic E-state index is 0.203. The predicted octanol–water partition coefficient (Wildman–Crippen LogP) is 5.15. The van der Waals surface area contributed by atoms with E-state index in [4.69, 9.17) is 10.00 Å². The quantitative estimate of drug-likeness (QED) is 0.403. The van der Waals surface area contributed by atoms with Gasteiger partial charge in [-0.3, -0.25) is 9.69 Å². The number of amides is 1. The number of hydrogen-bond donors (Lipinski definition) is 0. The maximum Gasteiger partial charge on any atom is 0.257 e. The van der Waals surface area contributed by atoms with E-state index in [0.29, 0.717) is 44.9 Å². The Morgan fingerprint density at radius 1 is 0.923 bits per heavy atom. The van der Waals surface area contributed by atoms with Crippen molar-refractivity contribution in [3.05, 3.63) is 101 Å². The van der Waals surface area contributed by atoms with Crippen LogP contribution >= 0.6 is 0 Å². The van der Waals surface area contributed by atoms with Crippen LogP contribution in [0.5, 0.6) is 0 Å². The summed E-state index contributed by atoms with van der Waals surface area (Å²) in [5.41, 5.74) is 3.66. The SMILES string of the molecule is N#Cc1ccc(CO[C@@H](CN2CCN(C(=O)c3cccc(F)c3F)CC2)c2cccc(N3CCCC3)c2)cc1. The van der Waals surface area contributed by atoms with Crippen LogP contribution in [0.1, 0.15) is 46.0 Å². The van der Waals surface area contributed by atoms with Crippen LogP contribution in [0.2, 0.25) is 0 Å². The van der Waals surface area contributed by atoms with E-state index in [9.17, 15) is 13.6 Å². The second kappa shape index (κ2) is 12.4. The molecule has 0 aromatic heterocycles. The first-order valence-electron chi connectivity index (χ1n) is 13.4. The highest BCUT2D eigenvalue weighted by molar-refractivity contribution is 5.94. The fourth-order valence-corrected chi connectivity index (χ4v) is 5.23. The van der Waals surface area contributed by atoms with Crippen molar-refractivity contribution in [2.24, 2.45) is 0 Å². The zero-order chi connectivity index (χ0) is 27.2. The van der Waals surface area contributed by atoms with Gasteiger partial charge in [-0.1, -0.05) is 30.3 Å². The number of ether oxygens (including phenoxy) is 1. The van der Waals surface area contributed by atoms with Crippen molar-refractivity contribution in [2.45, 2.75) is 25.6 Å². The van der Waals surface area contributed by atoms with Gasteiger partial charge in [0, 0.05) is 51.5 Å². The number of hydrogen-bond acceptors (Lipinski definition) is 5. The van der Waals surface area contributed by atoms with Crippen LogP contribution in [0.25, 0.3) is 0 Å². The molecular weight excluding hydrogens is 498 g/mol. The first-order valence-corrected chi connectivity index (χ1v) is 13.4. The number of anilines is 1. The maximum absolute atomic E-state index is 14.2. The Morgan fingerprint density at radius 2 is 1.64 bits per heavy atom. The number of halogens is 2. The van der Waals surface area contributed by atoms with E-state index in [-0.39, 0.29) is 11.7 Å². The van der Waals surface area contributed by atoms with Crippen LogP contribution < -0.4 is 4.90 Å². The lowest BCUT2D eigenvalue weighted by molar-refractivity contribution is 0.00339. The molecule has 5 rings (SSSR count). The highest BCUT2D eigenvalue weighted by Crippen LogP contribution is 2.28. The predicted molar refractivity (Wildman–Crippen MR) is 145 cm³/mol. The van der Waals surface area contributed by atoms with E-state index in [2.05, 4.69) is 40.1 Å². The number of carbonyl (C=O) groups is 1. The minimum atomic E-state index is -1.10. The minimum Gasteiger partial charge on any atom is -0.372 e. The molecule has 0 radical (unpaired) electrons. The molecule has 2 aliphatic rings. The molecule has 3 aromatic carbocycles. The Labute approximate surface area is 228 Å². The first kappa shape index (κ1) is 26.8. The van der Waals surface area contributed by atoms with E-state index in [1.165, 1.54) is 30.7 Å². The fourth-order valence-electron chi connectivity index (χ4n) is 5.23. The van der Waals surface area contributed by atoms with Gasteiger partial charge in [0.1, 0.15) is 0 Å². The Kier molecular flexibility index (Phi) is 8.50. The van der Waals surface area contributed by atoms with Crippen molar-refractivity contribution in [1.82, 2.24) is 9.80 Å². The van der Waals surface area contributed by atoms with Crippen LogP contribution in [0.3, 0.4) is 0 Å². The second-order valence-corrected chi connectivity index (χ2v) is 10.1. The van der Waals surface area contributed by atoms with Crippen molar-refractivity contribution >= 4 is 11.6 Å². The Hall–Kier alpha value is -3.80. The molecule has 0 N–H and O–H groups in total. The van der Waals surface area contributed by atoms with Gasteiger partial charge < -0.3 is 14.5 Å². The van der Waals surface area contributed by atoms with Crippen molar-refractivity contribution in [3.8, 4) is 6.07 Å². The average molecular weight is 531 g/mol. The van der Waals surface area contributed by atoms with Gasteiger partial charge in [0.2, 0.25) is 0 Å². The molecule has 2 heterocycles. The van der Waals surface area contributed by atoms with Gasteiger partial charge >= 0.3 is 0 Å². The van der Waals surface area contributed by atoms with E-state index in [1.807, 2.05) is 12.1 Å². The van der Waals surface area contributed by atoms with Gasteiger partial charge in [0.05, 0.1) is 29.9 Å². The van der Waals surface area contributed by atoms with Gasteiger partial charge in [0.15, 0.2) is 11.6 Å². The van der Waals surface area contributed by atoms with Gasteiger partial charge in [-0.15, -0.1) is 0 Å². The molecule has 6 nitrogen and oxygen atoms in total. The lowest BCUT2D eigenvalue weighted by Gasteiger charge is -2.36. The summed E-state index contributed by atoms with van der Waals surface area (Å²) in [6.45, 7) is 5.20. The highest BCUT2D eigenvalue weighted by Gasteiger charge is 2.27. The Morgan fingerprint density at radius 3 is 2.36 bits per heavy atom. The molecule has 2 fully saturated rings. The summed E-state index contributed by atoms with van der Waals surface area (Å²) in [5.74, 6) is -2.60. The molecule has 0 bridgehead atoms. The molecule has 1 amide bonds. The summed E-state index contributed by atoms with van der Waals surface area (Å²) < 4.78 is 34.3. The lowest BCUT2D eigenvalue weighted by Crippen LogP contribution is -2.49. The lowest BCUT2D eigenvalue weighted by atomic mass is 10.1. The van der Waals surface area contributed by atoms with Crippen molar-refractivity contribution in [3.63, 3.8) is 0 Å². The number of carbonyl (C=O) groups excluding carboxylic acids is 1. The molecule has 8 heteroatoms. The van der Waals surface area contributed by atoms with Crippen molar-refractivity contribution < 1.29 is 18.3 Å². The number of benzene rings is 3. The molecule has 39 heavy (non-hydrogen) atoms. The molecule has 0 unspecified atom stereocenters. The number of piperazine rings is 1. The Balaban J connectivity index is 1.27. The highest BCUT2D eigenvalue weighted by atomic mass is 19.2. The fraction of sp³-hybridized carbons (Fsp3) is 0.355. The second-order valence-electron chi connectivity index (χ2n) is 10.1. The molecule has 2 aliphatic heterocycles. The average Bonchev–Trinajstić information content (AvgIpc) is 3.52. The summed E-state index contributed by atoms with van der Waals surface area (Å²) >= 11 is 0. The van der Waals surface area contributed by atoms with E-state index in [0.717, 1.165) is 30.3 Å². The van der Waals surface area contributed by atoms with Gasteiger partial charge in [-0.25, -0.2) is 8.78 Å². The molecule has 3 aromatic rings. The van der Waals surface area contributed by atoms with Gasteiger partial charge in [0.25, 0.3) is 5.91 Å². The van der Waals surface area contributed by atoms with Crippen LogP contribution in [0.4, 0.5) is 14.5 Å². The Bertz CT molecular complexity index is 1330. The largest absolute Gasteiger partial charge is 0.372 e. The third-order valence-electron chi connectivity index (χ3n) is 7.51. The normalized spacial score (nSPS) is 16.7. The molecule has 0 spiro atoms. The molecule has 2 saturated heterocycles. The molecular formula is C31H32F2N4O2. The summed E-state index contributed by atoms with van der Waals surface area (Å²) in [7, 11) is 0. The molecule has 202 valence electrons. The summed E-state index contributed by atoms with van der Waals surface area (Å²) in [4.78, 5) is 19.1. The standard InChI is InChI=1S/C31H32F2N4O2/c32-28-8-4-7-27(30(28)33)31(38)37-17-15-35(16-18-37)21-29(39-22-24-11-9-23(20-34)10-12-24)25-5-3-6-26(19-25)36-13-1-2-14-36/h3-12,19,29H,1-2,13-18,21-22H2/t29-/m0/s1. The summed E-state index contributed by atoms with van der Waals surface area (Å²) in [6.07, 6.45) is 2.20. The monoisotopic (exact) mass is 530 g/mol. The number of nitrogens with zero attached hydrogens (tertiary/aromatic N) is 4. The van der Waals surface area contributed by atoms with E-state index >= 15 is 0 Å². The first-order chi connectivity index (χ1) is 19.0. The van der Waals surface area contributed by atoms with E-state index in [1.54, 1.807) is 17.0 Å². The van der Waals surface area contributed by atoms with Gasteiger partial charge in [-0.05, 0) is 60.4 Å².